The van der Waals surface area contributed by atoms with Crippen LogP contribution in [0.15, 0.2) is 122 Å². The Morgan fingerprint density at radius 1 is 0.276 bits per heavy atom. The van der Waals surface area contributed by atoms with Crippen molar-refractivity contribution in [3.05, 3.63) is 122 Å². The van der Waals surface area contributed by atoms with Crippen molar-refractivity contribution in [1.29, 1.82) is 0 Å². The van der Waals surface area contributed by atoms with Gasteiger partial charge in [0.1, 0.15) is 25.4 Å². The zero-order chi connectivity index (χ0) is 76.6. The molecule has 0 heterocycles. The molecule has 0 aromatic heterocycles. The maximum atomic E-state index is 12.9. The van der Waals surface area contributed by atoms with Gasteiger partial charge < -0.3 is 34.2 Å². The number of allylic oxidation sites excluding steroid dienone is 20. The summed E-state index contributed by atoms with van der Waals surface area (Å²) in [6.45, 7) is 2.52. The number of phosphoric acid groups is 2. The van der Waals surface area contributed by atoms with Crippen LogP contribution in [0.2, 0.25) is 0 Å². The van der Waals surface area contributed by atoms with Gasteiger partial charge in [0, 0.05) is 19.3 Å². The number of rotatable bonds is 79. The van der Waals surface area contributed by atoms with Crippen LogP contribution in [0.1, 0.15) is 355 Å². The summed E-state index contributed by atoms with van der Waals surface area (Å²) >= 11 is 0. The van der Waals surface area contributed by atoms with E-state index < -0.39 is 91.5 Å². The summed E-state index contributed by atoms with van der Waals surface area (Å²) in [5, 5.41) is 20.6. The Hall–Kier alpha value is -4.05. The van der Waals surface area contributed by atoms with Crippen molar-refractivity contribution < 1.29 is 75.8 Å². The van der Waals surface area contributed by atoms with Crippen LogP contribution < -0.4 is 0 Å². The third kappa shape index (κ3) is 80.8. The molecule has 0 aliphatic carbocycles. The number of ether oxygens (including phenoxy) is 3. The van der Waals surface area contributed by atoms with Gasteiger partial charge in [-0.1, -0.05) is 328 Å². The Bertz CT molecular complexity index is 2390. The molecular weight excluding hydrogens is 1360 g/mol. The van der Waals surface area contributed by atoms with Crippen molar-refractivity contribution in [1.82, 2.24) is 0 Å². The van der Waals surface area contributed by atoms with Gasteiger partial charge in [-0.2, -0.15) is 0 Å². The zero-order valence-corrected chi connectivity index (χ0v) is 68.2. The van der Waals surface area contributed by atoms with Crippen LogP contribution >= 0.6 is 15.6 Å². The van der Waals surface area contributed by atoms with E-state index in [-0.39, 0.29) is 19.3 Å². The normalized spacial score (nSPS) is 14.5. The summed E-state index contributed by atoms with van der Waals surface area (Å²) in [5.74, 6) is -1.58. The molecule has 18 heteroatoms. The summed E-state index contributed by atoms with van der Waals surface area (Å²) < 4.78 is 61.1. The van der Waals surface area contributed by atoms with Gasteiger partial charge in [-0.05, 0) is 128 Å². The van der Waals surface area contributed by atoms with Crippen LogP contribution in [-0.2, 0) is 55.8 Å². The summed E-state index contributed by atoms with van der Waals surface area (Å²) in [4.78, 5) is 58.6. The van der Waals surface area contributed by atoms with Gasteiger partial charge in [0.05, 0.1) is 26.4 Å². The van der Waals surface area contributed by atoms with E-state index in [0.717, 1.165) is 141 Å². The number of carbonyl (C=O) groups excluding carboxylic acids is 3. The molecule has 4 N–H and O–H groups in total. The maximum Gasteiger partial charge on any atom is 0.472 e. The van der Waals surface area contributed by atoms with E-state index in [1.807, 2.05) is 0 Å². The Morgan fingerprint density at radius 3 is 0.838 bits per heavy atom. The molecule has 0 aromatic carbocycles. The second kappa shape index (κ2) is 79.5. The summed E-state index contributed by atoms with van der Waals surface area (Å²) in [5.41, 5.74) is 0. The number of phosphoric ester groups is 2. The van der Waals surface area contributed by atoms with Crippen LogP contribution in [0.25, 0.3) is 0 Å². The van der Waals surface area contributed by atoms with Gasteiger partial charge in [-0.3, -0.25) is 32.5 Å². The van der Waals surface area contributed by atoms with Crippen LogP contribution in [0, 0.1) is 0 Å². The third-order valence-electron chi connectivity index (χ3n) is 17.6. The third-order valence-corrected chi connectivity index (χ3v) is 19.5. The minimum Gasteiger partial charge on any atom is -0.463 e. The molecule has 16 nitrogen and oxygen atoms in total. The fourth-order valence-corrected chi connectivity index (χ4v) is 12.9. The largest absolute Gasteiger partial charge is 0.472 e. The van der Waals surface area contributed by atoms with Crippen LogP contribution in [0.5, 0.6) is 0 Å². The van der Waals surface area contributed by atoms with Crippen molar-refractivity contribution in [3.63, 3.8) is 0 Å². The number of hydrogen-bond acceptors (Lipinski definition) is 14. The van der Waals surface area contributed by atoms with Gasteiger partial charge in [-0.25, -0.2) is 9.13 Å². The molecule has 606 valence electrons. The highest BCUT2D eigenvalue weighted by atomic mass is 31.2. The fraction of sp³-hybridized carbons (Fsp3) is 0.736. The lowest BCUT2D eigenvalue weighted by molar-refractivity contribution is -0.161. The van der Waals surface area contributed by atoms with Gasteiger partial charge >= 0.3 is 33.6 Å². The molecule has 0 bridgehead atoms. The van der Waals surface area contributed by atoms with Crippen LogP contribution in [0.4, 0.5) is 0 Å². The average Bonchev–Trinajstić information content (AvgIpc) is 0.918. The quantitative estimate of drug-likeness (QED) is 0.0146. The molecule has 0 saturated heterocycles. The first-order valence-corrected chi connectivity index (χ1v) is 44.8. The molecule has 105 heavy (non-hydrogen) atoms. The summed E-state index contributed by atoms with van der Waals surface area (Å²) in [6.07, 6.45) is 95.5. The molecule has 0 radical (unpaired) electrons. The number of esters is 3. The first-order chi connectivity index (χ1) is 51.2. The zero-order valence-electron chi connectivity index (χ0n) is 66.4. The SMILES string of the molecule is CC/C=C\C/C=C\C/C=C\C/C=C\C/C=C\CCCCCCCCCCCCCCCCCC(=O)OCC(O)COP(=O)(O)OCC(O)COP(=O)(O)OCC(COC(=O)CCCCCCCCCCCCC/C=C\C/C=C\C/C=C\C/C=C\CCCCC)OC(=O)CCCCCCC/C=C\CCCC. The smallest absolute Gasteiger partial charge is 0.463 e. The molecule has 0 aromatic rings. The van der Waals surface area contributed by atoms with Gasteiger partial charge in [0.2, 0.25) is 0 Å². The number of aliphatic hydroxyl groups excluding tert-OH is 2. The lowest BCUT2D eigenvalue weighted by Crippen LogP contribution is -2.30. The molecule has 0 fully saturated rings. The highest BCUT2D eigenvalue weighted by Gasteiger charge is 2.29. The summed E-state index contributed by atoms with van der Waals surface area (Å²) in [7, 11) is -9.79. The van der Waals surface area contributed by atoms with E-state index >= 15 is 0 Å². The molecule has 0 saturated carbocycles. The molecule has 0 aliphatic heterocycles. The van der Waals surface area contributed by atoms with Crippen molar-refractivity contribution in [2.24, 2.45) is 0 Å². The monoisotopic (exact) mass is 1520 g/mol. The second-order valence-corrected chi connectivity index (χ2v) is 30.8. The van der Waals surface area contributed by atoms with Crippen molar-refractivity contribution >= 4 is 33.6 Å². The number of hydrogen-bond donors (Lipinski definition) is 4. The Kier molecular flexibility index (Phi) is 76.4. The Morgan fingerprint density at radius 2 is 0.514 bits per heavy atom. The van der Waals surface area contributed by atoms with Crippen molar-refractivity contribution in [2.45, 2.75) is 373 Å². The highest BCUT2D eigenvalue weighted by molar-refractivity contribution is 7.47. The van der Waals surface area contributed by atoms with E-state index in [2.05, 4.69) is 142 Å². The number of unbranched alkanes of at least 4 members (excludes halogenated alkanes) is 36. The number of aliphatic hydroxyl groups is 2. The van der Waals surface area contributed by atoms with E-state index in [9.17, 15) is 43.5 Å². The molecule has 5 atom stereocenters. The molecule has 0 rings (SSSR count). The minimum absolute atomic E-state index is 0.0933. The predicted molar refractivity (Wildman–Crippen MR) is 436 cm³/mol. The molecule has 0 aliphatic rings. The maximum absolute atomic E-state index is 12.9. The van der Waals surface area contributed by atoms with Crippen molar-refractivity contribution in [3.8, 4) is 0 Å². The van der Waals surface area contributed by atoms with Gasteiger partial charge in [0.15, 0.2) is 6.10 Å². The first-order valence-electron chi connectivity index (χ1n) is 41.8. The average molecular weight is 1520 g/mol. The molecule has 0 spiro atoms. The number of carbonyl (C=O) groups is 3. The predicted octanol–water partition coefficient (Wildman–Crippen LogP) is 24.9. The Balaban J connectivity index is 4.39. The second-order valence-electron chi connectivity index (χ2n) is 27.9. The van der Waals surface area contributed by atoms with Gasteiger partial charge in [-0.15, -0.1) is 0 Å². The summed E-state index contributed by atoms with van der Waals surface area (Å²) in [6, 6.07) is 0. The highest BCUT2D eigenvalue weighted by Crippen LogP contribution is 2.45. The van der Waals surface area contributed by atoms with E-state index in [1.165, 1.54) is 154 Å². The first kappa shape index (κ1) is 101. The van der Waals surface area contributed by atoms with Crippen LogP contribution in [-0.4, -0.2) is 95.9 Å². The lowest BCUT2D eigenvalue weighted by Gasteiger charge is -2.21. The molecule has 5 unspecified atom stereocenters. The topological polar surface area (TPSA) is 231 Å². The molecule has 0 amide bonds. The van der Waals surface area contributed by atoms with Gasteiger partial charge in [0.25, 0.3) is 0 Å². The standard InChI is InChI=1S/C87H152O16P2/c1-4-7-10-13-16-19-22-24-26-28-30-32-34-36-38-39-40-41-43-45-46-48-50-52-54-56-59-61-64-67-70-73-85(90)97-76-82(88)77-99-104(93,94)100-78-83(89)79-101-105(95,96)102-81-84(103-87(92)75-72-69-66-63-58-21-18-15-12-9-6-3)80-98-86(91)74-71-68-65-62-60-57-55-53-51-49-47-44-42-37-35-33-31-29-27-25-23-20-17-14-11-8-5-2/h7,10,15-20,24-27,30-33,36-38,42,82-84,88-89H,4-6,8-9,11-14,21-23,28-29,34-35,39-41,43-81H2,1-3H3,(H,93,94)(H,95,96)/b10-7-,18-15-,19-16-,20-17-,26-24-,27-25-,32-30-,33-31-,38-36-,42-37-. The lowest BCUT2D eigenvalue weighted by atomic mass is 10.0. The molecular formula is C87H152O16P2. The van der Waals surface area contributed by atoms with E-state index in [4.69, 9.17) is 32.3 Å². The Labute approximate surface area is 640 Å². The minimum atomic E-state index is -4.93. The van der Waals surface area contributed by atoms with Crippen molar-refractivity contribution in [2.75, 3.05) is 39.6 Å². The van der Waals surface area contributed by atoms with E-state index in [0.29, 0.717) is 19.3 Å². The van der Waals surface area contributed by atoms with E-state index in [1.54, 1.807) is 0 Å². The van der Waals surface area contributed by atoms with Crippen LogP contribution in [0.3, 0.4) is 0 Å². The fourth-order valence-electron chi connectivity index (χ4n) is 11.3.